The Hall–Kier alpha value is -5.98. The van der Waals surface area contributed by atoms with Gasteiger partial charge in [-0.25, -0.2) is 0 Å². The molecule has 5 heteroatoms. The second kappa shape index (κ2) is 12.3. The largest absolute Gasteiger partial charge is 0.310 e. The van der Waals surface area contributed by atoms with E-state index >= 15 is 0 Å². The number of para-hydroxylation sites is 2. The fourth-order valence-electron chi connectivity index (χ4n) is 7.79. The Morgan fingerprint density at radius 2 is 0.566 bits per heavy atom. The van der Waals surface area contributed by atoms with Crippen molar-refractivity contribution in [1.29, 1.82) is 0 Å². The first-order valence-electron chi connectivity index (χ1n) is 17.7. The lowest BCUT2D eigenvalue weighted by Gasteiger charge is -2.26. The van der Waals surface area contributed by atoms with Crippen molar-refractivity contribution in [1.82, 2.24) is 0 Å². The normalized spacial score (nSPS) is 11.8. The molecule has 0 saturated carbocycles. The van der Waals surface area contributed by atoms with Crippen LogP contribution in [0.3, 0.4) is 0 Å². The quantitative estimate of drug-likeness (QED) is 0.168. The van der Waals surface area contributed by atoms with Crippen molar-refractivity contribution in [3.05, 3.63) is 182 Å². The fourth-order valence-corrected chi connectivity index (χ4v) is 11.1. The summed E-state index contributed by atoms with van der Waals surface area (Å²) in [5, 5.41) is 7.79. The van der Waals surface area contributed by atoms with Gasteiger partial charge in [0.2, 0.25) is 0 Å². The maximum absolute atomic E-state index is 2.39. The van der Waals surface area contributed by atoms with Crippen molar-refractivity contribution in [2.24, 2.45) is 0 Å². The fraction of sp³-hybridized carbons (Fsp3) is 0. The lowest BCUT2D eigenvalue weighted by molar-refractivity contribution is 1.30. The second-order valence-electron chi connectivity index (χ2n) is 13.4. The molecule has 8 aromatic carbocycles. The molecule has 0 atom stereocenters. The van der Waals surface area contributed by atoms with E-state index in [9.17, 15) is 0 Å². The highest BCUT2D eigenvalue weighted by molar-refractivity contribution is 7.26. The molecule has 11 rings (SSSR count). The second-order valence-corrected chi connectivity index (χ2v) is 16.6. The highest BCUT2D eigenvalue weighted by Gasteiger charge is 2.19. The third-order valence-electron chi connectivity index (χ3n) is 10.2. The molecule has 0 saturated heterocycles. The molecule has 0 aliphatic heterocycles. The number of fused-ring (bicyclic) bond motifs is 9. The summed E-state index contributed by atoms with van der Waals surface area (Å²) < 4.78 is 7.81. The zero-order valence-electron chi connectivity index (χ0n) is 28.4. The van der Waals surface area contributed by atoms with Crippen LogP contribution in [0.5, 0.6) is 0 Å². The number of hydrogen-bond acceptors (Lipinski definition) is 5. The van der Waals surface area contributed by atoms with Crippen LogP contribution in [0, 0.1) is 0 Å². The van der Waals surface area contributed by atoms with Crippen LogP contribution in [0.4, 0.5) is 34.1 Å². The SMILES string of the molecule is c1ccc(N(c2ccc3c(c2)sc2ccc(N(c4ccccc4)c4ccc5c(c4)sc4ccccc45)cc23)c2ccc3sc4ccccc4c3c2)cc1. The first-order valence-corrected chi connectivity index (χ1v) is 20.2. The van der Waals surface area contributed by atoms with Crippen molar-refractivity contribution < 1.29 is 0 Å². The summed E-state index contributed by atoms with van der Waals surface area (Å²) >= 11 is 5.59. The van der Waals surface area contributed by atoms with Gasteiger partial charge in [-0.15, -0.1) is 34.0 Å². The van der Waals surface area contributed by atoms with Crippen molar-refractivity contribution in [2.45, 2.75) is 0 Å². The summed E-state index contributed by atoms with van der Waals surface area (Å²) in [6.45, 7) is 0. The van der Waals surface area contributed by atoms with Gasteiger partial charge in [0.1, 0.15) is 0 Å². The minimum atomic E-state index is 1.14. The Balaban J connectivity index is 1.04. The van der Waals surface area contributed by atoms with Gasteiger partial charge in [0.05, 0.1) is 0 Å². The first-order chi connectivity index (χ1) is 26.2. The average Bonchev–Trinajstić information content (AvgIpc) is 3.89. The molecule has 3 heterocycles. The standard InChI is InChI=1S/C48H30N2S3/c1-3-11-31(12-4-1)49(33-21-25-45-41(27-33)38-16-8-10-18-44(38)51-45)36-20-24-40-42-28-34(22-26-46(42)53-48(40)30-36)50(32-13-5-2-6-14-32)35-19-23-39-37-15-7-9-17-43(37)52-47(39)29-35/h1-30H. The van der Waals surface area contributed by atoms with E-state index in [4.69, 9.17) is 0 Å². The molecule has 0 fully saturated rings. The smallest absolute Gasteiger partial charge is 0.0476 e. The Labute approximate surface area is 318 Å². The Morgan fingerprint density at radius 3 is 1.08 bits per heavy atom. The number of nitrogens with zero attached hydrogens (tertiary/aromatic N) is 2. The van der Waals surface area contributed by atoms with Gasteiger partial charge >= 0.3 is 0 Å². The molecule has 0 radical (unpaired) electrons. The first kappa shape index (κ1) is 30.6. The van der Waals surface area contributed by atoms with Gasteiger partial charge in [0.25, 0.3) is 0 Å². The van der Waals surface area contributed by atoms with E-state index in [0.717, 1.165) is 34.1 Å². The molecule has 2 nitrogen and oxygen atoms in total. The summed E-state index contributed by atoms with van der Waals surface area (Å²) in [7, 11) is 0. The van der Waals surface area contributed by atoms with Crippen molar-refractivity contribution in [3.8, 4) is 0 Å². The zero-order chi connectivity index (χ0) is 34.9. The molecule has 0 spiro atoms. The lowest BCUT2D eigenvalue weighted by atomic mass is 10.1. The predicted molar refractivity (Wildman–Crippen MR) is 234 cm³/mol. The van der Waals surface area contributed by atoms with E-state index in [1.165, 1.54) is 60.5 Å². The Bertz CT molecular complexity index is 3140. The molecular formula is C48H30N2S3. The van der Waals surface area contributed by atoms with E-state index in [1.807, 2.05) is 34.0 Å². The number of thiophene rings is 3. The molecule has 0 amide bonds. The van der Waals surface area contributed by atoms with Gasteiger partial charge in [0.15, 0.2) is 0 Å². The van der Waals surface area contributed by atoms with Crippen LogP contribution in [0.1, 0.15) is 0 Å². The van der Waals surface area contributed by atoms with Gasteiger partial charge in [-0.1, -0.05) is 84.9 Å². The molecule has 0 unspecified atom stereocenters. The lowest BCUT2D eigenvalue weighted by Crippen LogP contribution is -2.09. The van der Waals surface area contributed by atoms with Gasteiger partial charge in [-0.2, -0.15) is 0 Å². The van der Waals surface area contributed by atoms with E-state index in [0.29, 0.717) is 0 Å². The third-order valence-corrected chi connectivity index (χ3v) is 13.6. The molecule has 53 heavy (non-hydrogen) atoms. The van der Waals surface area contributed by atoms with Crippen LogP contribution in [-0.2, 0) is 0 Å². The molecular weight excluding hydrogens is 701 g/mol. The van der Waals surface area contributed by atoms with Gasteiger partial charge in [0, 0.05) is 94.6 Å². The zero-order valence-corrected chi connectivity index (χ0v) is 30.9. The van der Waals surface area contributed by atoms with E-state index < -0.39 is 0 Å². The number of hydrogen-bond donors (Lipinski definition) is 0. The van der Waals surface area contributed by atoms with Crippen molar-refractivity contribution >= 4 is 129 Å². The molecule has 0 N–H and O–H groups in total. The highest BCUT2D eigenvalue weighted by Crippen LogP contribution is 2.46. The molecule has 0 aliphatic carbocycles. The Morgan fingerprint density at radius 1 is 0.226 bits per heavy atom. The summed E-state index contributed by atoms with van der Waals surface area (Å²) in [5.74, 6) is 0. The van der Waals surface area contributed by atoms with Crippen molar-refractivity contribution in [2.75, 3.05) is 9.80 Å². The van der Waals surface area contributed by atoms with E-state index in [1.54, 1.807) is 0 Å². The topological polar surface area (TPSA) is 6.48 Å². The maximum atomic E-state index is 2.39. The number of benzene rings is 8. The average molecular weight is 731 g/mol. The van der Waals surface area contributed by atoms with Crippen molar-refractivity contribution in [3.63, 3.8) is 0 Å². The van der Waals surface area contributed by atoms with Crippen LogP contribution in [0.2, 0.25) is 0 Å². The summed E-state index contributed by atoms with van der Waals surface area (Å²) in [4.78, 5) is 4.78. The minimum absolute atomic E-state index is 1.14. The molecule has 0 aliphatic rings. The van der Waals surface area contributed by atoms with E-state index in [-0.39, 0.29) is 0 Å². The third kappa shape index (κ3) is 5.12. The number of anilines is 6. The van der Waals surface area contributed by atoms with Crippen LogP contribution >= 0.6 is 34.0 Å². The molecule has 3 aromatic heterocycles. The Kier molecular flexibility index (Phi) is 7.12. The summed E-state index contributed by atoms with van der Waals surface area (Å²) in [6, 6.07) is 66.6. The molecule has 250 valence electrons. The van der Waals surface area contributed by atoms with Crippen LogP contribution in [-0.4, -0.2) is 0 Å². The van der Waals surface area contributed by atoms with Crippen LogP contribution in [0.25, 0.3) is 60.5 Å². The van der Waals surface area contributed by atoms with Crippen LogP contribution < -0.4 is 9.80 Å². The van der Waals surface area contributed by atoms with Gasteiger partial charge in [-0.3, -0.25) is 0 Å². The van der Waals surface area contributed by atoms with Gasteiger partial charge in [-0.05, 0) is 97.1 Å². The van der Waals surface area contributed by atoms with Crippen LogP contribution in [0.15, 0.2) is 182 Å². The highest BCUT2D eigenvalue weighted by atomic mass is 32.1. The molecule has 11 aromatic rings. The van der Waals surface area contributed by atoms with Gasteiger partial charge < -0.3 is 9.80 Å². The molecule has 0 bridgehead atoms. The summed E-state index contributed by atoms with van der Waals surface area (Å²) in [6.07, 6.45) is 0. The van der Waals surface area contributed by atoms with E-state index in [2.05, 4.69) is 192 Å². The predicted octanol–water partition coefficient (Wildman–Crippen LogP) is 15.7. The maximum Gasteiger partial charge on any atom is 0.0476 e. The number of rotatable bonds is 6. The minimum Gasteiger partial charge on any atom is -0.310 e. The monoisotopic (exact) mass is 730 g/mol. The summed E-state index contributed by atoms with van der Waals surface area (Å²) in [5.41, 5.74) is 6.90.